The number of carbonyl (C=O) groups excluding carboxylic acids is 1. The van der Waals surface area contributed by atoms with Gasteiger partial charge in [-0.25, -0.2) is 9.97 Å². The van der Waals surface area contributed by atoms with Crippen LogP contribution < -0.4 is 16.0 Å². The van der Waals surface area contributed by atoms with E-state index in [1.807, 2.05) is 11.8 Å². The summed E-state index contributed by atoms with van der Waals surface area (Å²) < 4.78 is 0. The number of aromatic nitrogens is 2. The number of nitrogen functional groups attached to an aromatic ring is 1. The van der Waals surface area contributed by atoms with Crippen LogP contribution in [0.3, 0.4) is 0 Å². The minimum Gasteiger partial charge on any atom is -0.394 e. The molecule has 3 N–H and O–H groups in total. The molecule has 0 bridgehead atoms. The van der Waals surface area contributed by atoms with Crippen molar-refractivity contribution in [1.29, 1.82) is 0 Å². The van der Waals surface area contributed by atoms with E-state index in [4.69, 9.17) is 5.73 Å². The minimum atomic E-state index is -0.369. The van der Waals surface area contributed by atoms with E-state index in [2.05, 4.69) is 15.3 Å². The van der Waals surface area contributed by atoms with Gasteiger partial charge in [-0.2, -0.15) is 0 Å². The summed E-state index contributed by atoms with van der Waals surface area (Å²) >= 11 is 0. The standard InChI is InChI=1S/C11H17N5O/c1-11(10(17)13-2)3-4-16(6-11)9-8(12)5-14-7-15-9/h5,7H,3-4,6,12H2,1-2H3,(H,13,17). The van der Waals surface area contributed by atoms with Gasteiger partial charge in [0.1, 0.15) is 6.33 Å². The molecule has 92 valence electrons. The predicted molar refractivity (Wildman–Crippen MR) is 65.4 cm³/mol. The van der Waals surface area contributed by atoms with Gasteiger partial charge in [-0.05, 0) is 13.3 Å². The second kappa shape index (κ2) is 4.20. The highest BCUT2D eigenvalue weighted by atomic mass is 16.2. The van der Waals surface area contributed by atoms with Crippen molar-refractivity contribution in [2.75, 3.05) is 30.8 Å². The summed E-state index contributed by atoms with van der Waals surface area (Å²) in [5.41, 5.74) is 6.01. The average Bonchev–Trinajstić information content (AvgIpc) is 2.72. The van der Waals surface area contributed by atoms with Gasteiger partial charge >= 0.3 is 0 Å². The van der Waals surface area contributed by atoms with E-state index in [1.54, 1.807) is 13.2 Å². The molecule has 1 saturated heterocycles. The molecular formula is C11H17N5O. The number of rotatable bonds is 2. The monoisotopic (exact) mass is 235 g/mol. The summed E-state index contributed by atoms with van der Waals surface area (Å²) in [5, 5.41) is 2.70. The Bertz CT molecular complexity index is 436. The fourth-order valence-electron chi connectivity index (χ4n) is 2.23. The highest BCUT2D eigenvalue weighted by molar-refractivity contribution is 5.83. The molecule has 6 nitrogen and oxygen atoms in total. The van der Waals surface area contributed by atoms with Crippen molar-refractivity contribution in [3.63, 3.8) is 0 Å². The fourth-order valence-corrected chi connectivity index (χ4v) is 2.23. The summed E-state index contributed by atoms with van der Waals surface area (Å²) in [4.78, 5) is 21.9. The topological polar surface area (TPSA) is 84.1 Å². The van der Waals surface area contributed by atoms with Crippen LogP contribution in [0.15, 0.2) is 12.5 Å². The van der Waals surface area contributed by atoms with Gasteiger partial charge < -0.3 is 16.0 Å². The number of nitrogens with one attached hydrogen (secondary N) is 1. The second-order valence-electron chi connectivity index (χ2n) is 4.61. The lowest BCUT2D eigenvalue weighted by Gasteiger charge is -2.23. The van der Waals surface area contributed by atoms with E-state index in [0.717, 1.165) is 13.0 Å². The van der Waals surface area contributed by atoms with Gasteiger partial charge in [0, 0.05) is 20.1 Å². The van der Waals surface area contributed by atoms with Crippen LogP contribution in [-0.4, -0.2) is 36.0 Å². The van der Waals surface area contributed by atoms with Crippen molar-refractivity contribution in [3.05, 3.63) is 12.5 Å². The smallest absolute Gasteiger partial charge is 0.227 e. The number of hydrogen-bond donors (Lipinski definition) is 2. The van der Waals surface area contributed by atoms with Crippen LogP contribution in [0, 0.1) is 5.41 Å². The predicted octanol–water partition coefficient (Wildman–Crippen LogP) is 0.0212. The van der Waals surface area contributed by atoms with Crippen LogP contribution >= 0.6 is 0 Å². The maximum absolute atomic E-state index is 11.8. The number of carbonyl (C=O) groups is 1. The number of hydrogen-bond acceptors (Lipinski definition) is 5. The molecule has 0 aliphatic carbocycles. The molecule has 1 fully saturated rings. The van der Waals surface area contributed by atoms with Gasteiger partial charge in [0.2, 0.25) is 5.91 Å². The lowest BCUT2D eigenvalue weighted by atomic mass is 9.89. The Hall–Kier alpha value is -1.85. The van der Waals surface area contributed by atoms with Crippen LogP contribution in [0.2, 0.25) is 0 Å². The Morgan fingerprint density at radius 3 is 3.06 bits per heavy atom. The van der Waals surface area contributed by atoms with E-state index in [-0.39, 0.29) is 11.3 Å². The van der Waals surface area contributed by atoms with E-state index in [0.29, 0.717) is 18.1 Å². The van der Waals surface area contributed by atoms with Crippen LogP contribution in [0.4, 0.5) is 11.5 Å². The molecule has 2 rings (SSSR count). The Morgan fingerprint density at radius 1 is 1.65 bits per heavy atom. The summed E-state index contributed by atoms with van der Waals surface area (Å²) in [7, 11) is 1.66. The fraction of sp³-hybridized carbons (Fsp3) is 0.545. The summed E-state index contributed by atoms with van der Waals surface area (Å²) in [6.07, 6.45) is 3.86. The minimum absolute atomic E-state index is 0.0626. The third-order valence-electron chi connectivity index (χ3n) is 3.27. The van der Waals surface area contributed by atoms with Crippen LogP contribution in [0.25, 0.3) is 0 Å². The lowest BCUT2D eigenvalue weighted by Crippen LogP contribution is -2.39. The molecule has 1 amide bonds. The zero-order chi connectivity index (χ0) is 12.5. The van der Waals surface area contributed by atoms with Crippen LogP contribution in [0.5, 0.6) is 0 Å². The largest absolute Gasteiger partial charge is 0.394 e. The molecule has 1 aliphatic rings. The van der Waals surface area contributed by atoms with Gasteiger partial charge in [-0.1, -0.05) is 0 Å². The highest BCUT2D eigenvalue weighted by Crippen LogP contribution is 2.34. The summed E-state index contributed by atoms with van der Waals surface area (Å²) in [6.45, 7) is 3.38. The van der Waals surface area contributed by atoms with Gasteiger partial charge in [0.05, 0.1) is 17.3 Å². The average molecular weight is 235 g/mol. The van der Waals surface area contributed by atoms with E-state index in [1.165, 1.54) is 6.33 Å². The van der Waals surface area contributed by atoms with Gasteiger partial charge in [-0.3, -0.25) is 4.79 Å². The molecule has 17 heavy (non-hydrogen) atoms. The first-order valence-electron chi connectivity index (χ1n) is 5.59. The molecular weight excluding hydrogens is 218 g/mol. The van der Waals surface area contributed by atoms with Crippen molar-refractivity contribution in [1.82, 2.24) is 15.3 Å². The van der Waals surface area contributed by atoms with Gasteiger partial charge in [-0.15, -0.1) is 0 Å². The molecule has 1 aromatic rings. The van der Waals surface area contributed by atoms with E-state index < -0.39 is 0 Å². The quantitative estimate of drug-likeness (QED) is 0.755. The number of nitrogens with zero attached hydrogens (tertiary/aromatic N) is 3. The van der Waals surface area contributed by atoms with Crippen molar-refractivity contribution in [3.8, 4) is 0 Å². The zero-order valence-electron chi connectivity index (χ0n) is 10.1. The Kier molecular flexibility index (Phi) is 2.87. The van der Waals surface area contributed by atoms with Crippen LogP contribution in [-0.2, 0) is 4.79 Å². The molecule has 1 unspecified atom stereocenters. The first-order chi connectivity index (χ1) is 8.07. The molecule has 0 aromatic carbocycles. The number of nitrogens with two attached hydrogens (primary N) is 1. The Morgan fingerprint density at radius 2 is 2.41 bits per heavy atom. The SMILES string of the molecule is CNC(=O)C1(C)CCN(c2ncncc2N)C1. The summed E-state index contributed by atoms with van der Waals surface area (Å²) in [6, 6.07) is 0. The molecule has 0 spiro atoms. The maximum Gasteiger partial charge on any atom is 0.227 e. The normalized spacial score (nSPS) is 23.8. The zero-order valence-corrected chi connectivity index (χ0v) is 10.1. The number of anilines is 2. The van der Waals surface area contributed by atoms with Crippen LogP contribution in [0.1, 0.15) is 13.3 Å². The molecule has 0 saturated carbocycles. The van der Waals surface area contributed by atoms with Crippen molar-refractivity contribution in [2.45, 2.75) is 13.3 Å². The van der Waals surface area contributed by atoms with Crippen molar-refractivity contribution < 1.29 is 4.79 Å². The lowest BCUT2D eigenvalue weighted by molar-refractivity contribution is -0.128. The van der Waals surface area contributed by atoms with Gasteiger partial charge in [0.15, 0.2) is 5.82 Å². The molecule has 1 atom stereocenters. The molecule has 2 heterocycles. The third-order valence-corrected chi connectivity index (χ3v) is 3.27. The first kappa shape index (κ1) is 11.6. The molecule has 6 heteroatoms. The highest BCUT2D eigenvalue weighted by Gasteiger charge is 2.40. The summed E-state index contributed by atoms with van der Waals surface area (Å²) in [5.74, 6) is 0.778. The maximum atomic E-state index is 11.8. The Balaban J connectivity index is 2.18. The van der Waals surface area contributed by atoms with E-state index in [9.17, 15) is 4.79 Å². The van der Waals surface area contributed by atoms with Crippen molar-refractivity contribution in [2.24, 2.45) is 5.41 Å². The van der Waals surface area contributed by atoms with Crippen molar-refractivity contribution >= 4 is 17.4 Å². The third kappa shape index (κ3) is 2.02. The Labute approximate surface area is 100 Å². The number of amides is 1. The molecule has 1 aromatic heterocycles. The molecule has 1 aliphatic heterocycles. The second-order valence-corrected chi connectivity index (χ2v) is 4.61. The van der Waals surface area contributed by atoms with Gasteiger partial charge in [0.25, 0.3) is 0 Å². The molecule has 0 radical (unpaired) electrons. The van der Waals surface area contributed by atoms with E-state index >= 15 is 0 Å². The first-order valence-corrected chi connectivity index (χ1v) is 5.59.